The number of nitrogens with zero attached hydrogens (tertiary/aromatic N) is 6. The summed E-state index contributed by atoms with van der Waals surface area (Å²) >= 11 is 0. The van der Waals surface area contributed by atoms with Crippen molar-refractivity contribution < 1.29 is 13.2 Å². The lowest BCUT2D eigenvalue weighted by molar-refractivity contribution is 0.0621. The van der Waals surface area contributed by atoms with Gasteiger partial charge in [0.15, 0.2) is 5.82 Å². The van der Waals surface area contributed by atoms with Crippen LogP contribution in [0.5, 0.6) is 0 Å². The van der Waals surface area contributed by atoms with Crippen LogP contribution in [0.15, 0.2) is 0 Å². The van der Waals surface area contributed by atoms with Gasteiger partial charge >= 0.3 is 0 Å². The summed E-state index contributed by atoms with van der Waals surface area (Å²) in [7, 11) is 2.27. The zero-order chi connectivity index (χ0) is 17.1. The quantitative estimate of drug-likeness (QED) is 0.658. The van der Waals surface area contributed by atoms with Crippen molar-refractivity contribution in [3.05, 3.63) is 5.82 Å². The summed E-state index contributed by atoms with van der Waals surface area (Å²) in [6.45, 7) is 3.62. The van der Waals surface area contributed by atoms with Gasteiger partial charge in [-0.05, 0) is 44.3 Å². The molecule has 1 saturated heterocycles. The molecule has 0 aromatic carbocycles. The van der Waals surface area contributed by atoms with E-state index in [1.165, 1.54) is 0 Å². The molecule has 2 heterocycles. The maximum Gasteiger partial charge on any atom is 0.213 e. The average Bonchev–Trinajstić information content (AvgIpc) is 3.01. The minimum Gasteiger partial charge on any atom is -0.383 e. The van der Waals surface area contributed by atoms with Crippen molar-refractivity contribution in [3.8, 4) is 0 Å². The number of piperidine rings is 1. The first-order valence-corrected chi connectivity index (χ1v) is 9.39. The SMILES string of the molecule is CCS(=O)(=O)N1CCCC(c2nnnn2CCOC)(N(C)C)C1. The zero-order valence-electron chi connectivity index (χ0n) is 14.3. The summed E-state index contributed by atoms with van der Waals surface area (Å²) < 4.78 is 33.0. The first kappa shape index (κ1) is 18.2. The van der Waals surface area contributed by atoms with Gasteiger partial charge in [0.1, 0.15) is 0 Å². The minimum atomic E-state index is -3.24. The number of aromatic nitrogens is 4. The number of ether oxygens (including phenoxy) is 1. The second kappa shape index (κ2) is 7.20. The predicted octanol–water partition coefficient (Wildman–Crippen LogP) is -0.478. The minimum absolute atomic E-state index is 0.102. The molecular weight excluding hydrogens is 320 g/mol. The molecule has 1 unspecified atom stereocenters. The number of sulfonamides is 1. The van der Waals surface area contributed by atoms with Crippen molar-refractivity contribution in [1.29, 1.82) is 0 Å². The van der Waals surface area contributed by atoms with Gasteiger partial charge in [-0.15, -0.1) is 5.10 Å². The van der Waals surface area contributed by atoms with Crippen molar-refractivity contribution in [1.82, 2.24) is 29.4 Å². The normalized spacial score (nSPS) is 23.5. The van der Waals surface area contributed by atoms with Crippen LogP contribution in [-0.2, 0) is 26.8 Å². The van der Waals surface area contributed by atoms with Gasteiger partial charge in [-0.1, -0.05) is 0 Å². The maximum absolute atomic E-state index is 12.3. The Balaban J connectivity index is 2.38. The van der Waals surface area contributed by atoms with Crippen molar-refractivity contribution in [2.75, 3.05) is 46.7 Å². The first-order chi connectivity index (χ1) is 10.9. The molecule has 0 radical (unpaired) electrons. The molecule has 23 heavy (non-hydrogen) atoms. The lowest BCUT2D eigenvalue weighted by Crippen LogP contribution is -2.56. The molecule has 2 rings (SSSR count). The standard InChI is InChI=1S/C13H26N6O3S/c1-5-23(20,21)18-8-6-7-13(11-18,17(2)3)12-14-15-16-19(12)9-10-22-4/h5-11H2,1-4H3. The largest absolute Gasteiger partial charge is 0.383 e. The highest BCUT2D eigenvalue weighted by atomic mass is 32.2. The zero-order valence-corrected chi connectivity index (χ0v) is 15.1. The Kier molecular flexibility index (Phi) is 5.71. The molecule has 1 aliphatic heterocycles. The van der Waals surface area contributed by atoms with Crippen LogP contribution in [0.4, 0.5) is 0 Å². The average molecular weight is 346 g/mol. The summed E-state index contributed by atoms with van der Waals surface area (Å²) in [5, 5.41) is 12.1. The molecule has 0 bridgehead atoms. The number of hydrogen-bond acceptors (Lipinski definition) is 7. The molecule has 1 aromatic heterocycles. The van der Waals surface area contributed by atoms with Crippen molar-refractivity contribution >= 4 is 10.0 Å². The molecule has 0 aliphatic carbocycles. The number of tetrazole rings is 1. The smallest absolute Gasteiger partial charge is 0.213 e. The summed E-state index contributed by atoms with van der Waals surface area (Å²) in [6, 6.07) is 0. The summed E-state index contributed by atoms with van der Waals surface area (Å²) in [5.74, 6) is 0.793. The van der Waals surface area contributed by atoms with Crippen LogP contribution in [0.3, 0.4) is 0 Å². The van der Waals surface area contributed by atoms with E-state index in [0.29, 0.717) is 32.1 Å². The molecule has 1 fully saturated rings. The Morgan fingerprint density at radius 1 is 1.39 bits per heavy atom. The van der Waals surface area contributed by atoms with Crippen LogP contribution < -0.4 is 0 Å². The highest BCUT2D eigenvalue weighted by molar-refractivity contribution is 7.89. The van der Waals surface area contributed by atoms with E-state index in [9.17, 15) is 8.42 Å². The van der Waals surface area contributed by atoms with Gasteiger partial charge in [-0.25, -0.2) is 13.1 Å². The third-order valence-electron chi connectivity index (χ3n) is 4.51. The number of hydrogen-bond donors (Lipinski definition) is 0. The van der Waals surface area contributed by atoms with Crippen LogP contribution >= 0.6 is 0 Å². The van der Waals surface area contributed by atoms with Crippen LogP contribution in [-0.4, -0.2) is 84.5 Å². The van der Waals surface area contributed by atoms with Crippen LogP contribution in [0, 0.1) is 0 Å². The predicted molar refractivity (Wildman–Crippen MR) is 85.3 cm³/mol. The summed E-state index contributed by atoms with van der Waals surface area (Å²) in [5.41, 5.74) is -0.530. The van der Waals surface area contributed by atoms with Gasteiger partial charge in [-0.3, -0.25) is 4.90 Å². The third kappa shape index (κ3) is 3.54. The van der Waals surface area contributed by atoms with Crippen molar-refractivity contribution in [3.63, 3.8) is 0 Å². The van der Waals surface area contributed by atoms with Gasteiger partial charge in [0.2, 0.25) is 10.0 Å². The van der Waals surface area contributed by atoms with Gasteiger partial charge in [0.25, 0.3) is 0 Å². The third-order valence-corrected chi connectivity index (χ3v) is 6.33. The number of rotatable bonds is 7. The maximum atomic E-state index is 12.3. The van der Waals surface area contributed by atoms with E-state index >= 15 is 0 Å². The fourth-order valence-electron chi connectivity index (χ4n) is 3.03. The van der Waals surface area contributed by atoms with E-state index in [0.717, 1.165) is 12.8 Å². The number of methoxy groups -OCH3 is 1. The van der Waals surface area contributed by atoms with Gasteiger partial charge in [-0.2, -0.15) is 4.31 Å². The Bertz CT molecular complexity index is 617. The Labute approximate surface area is 137 Å². The Hall–Kier alpha value is -1.10. The number of likely N-dealkylation sites (N-methyl/N-ethyl adjacent to an activating group) is 1. The molecule has 1 aliphatic rings. The van der Waals surface area contributed by atoms with E-state index in [-0.39, 0.29) is 5.75 Å². The highest BCUT2D eigenvalue weighted by Crippen LogP contribution is 2.35. The van der Waals surface area contributed by atoms with E-state index in [2.05, 4.69) is 15.5 Å². The van der Waals surface area contributed by atoms with E-state index in [1.54, 1.807) is 23.0 Å². The molecular formula is C13H26N6O3S. The van der Waals surface area contributed by atoms with E-state index in [1.807, 2.05) is 19.0 Å². The Morgan fingerprint density at radius 2 is 2.13 bits per heavy atom. The van der Waals surface area contributed by atoms with Crippen molar-refractivity contribution in [2.45, 2.75) is 31.8 Å². The fourth-order valence-corrected chi connectivity index (χ4v) is 4.21. The van der Waals surface area contributed by atoms with Crippen LogP contribution in [0.1, 0.15) is 25.6 Å². The molecule has 0 spiro atoms. The fraction of sp³-hybridized carbons (Fsp3) is 0.923. The molecule has 0 N–H and O–H groups in total. The van der Waals surface area contributed by atoms with Crippen LogP contribution in [0.2, 0.25) is 0 Å². The van der Waals surface area contributed by atoms with Crippen LogP contribution in [0.25, 0.3) is 0 Å². The molecule has 10 heteroatoms. The van der Waals surface area contributed by atoms with Gasteiger partial charge in [0, 0.05) is 20.2 Å². The molecule has 9 nitrogen and oxygen atoms in total. The first-order valence-electron chi connectivity index (χ1n) is 7.78. The van der Waals surface area contributed by atoms with Gasteiger partial charge in [0.05, 0.1) is 24.4 Å². The molecule has 0 saturated carbocycles. The van der Waals surface area contributed by atoms with E-state index in [4.69, 9.17) is 4.74 Å². The van der Waals surface area contributed by atoms with Gasteiger partial charge < -0.3 is 4.74 Å². The summed E-state index contributed by atoms with van der Waals surface area (Å²) in [6.07, 6.45) is 1.58. The lowest BCUT2D eigenvalue weighted by Gasteiger charge is -2.45. The molecule has 1 aromatic rings. The topological polar surface area (TPSA) is 93.5 Å². The second-order valence-corrected chi connectivity index (χ2v) is 8.24. The molecule has 132 valence electrons. The molecule has 0 amide bonds. The highest BCUT2D eigenvalue weighted by Gasteiger charge is 2.45. The Morgan fingerprint density at radius 3 is 2.74 bits per heavy atom. The summed E-state index contributed by atoms with van der Waals surface area (Å²) in [4.78, 5) is 2.03. The van der Waals surface area contributed by atoms with Crippen molar-refractivity contribution in [2.24, 2.45) is 0 Å². The second-order valence-electron chi connectivity index (χ2n) is 5.98. The molecule has 1 atom stereocenters. The lowest BCUT2D eigenvalue weighted by atomic mass is 9.88. The monoisotopic (exact) mass is 346 g/mol. The van der Waals surface area contributed by atoms with E-state index < -0.39 is 15.6 Å².